The molecule has 146 valence electrons. The Hall–Kier alpha value is 0.274. The molecule has 0 aromatic carbocycles. The molecule has 0 saturated carbocycles. The van der Waals surface area contributed by atoms with E-state index in [1.54, 1.807) is 0 Å². The van der Waals surface area contributed by atoms with Crippen molar-refractivity contribution in [1.82, 2.24) is 4.90 Å². The molecule has 0 rings (SSSR count). The van der Waals surface area contributed by atoms with Gasteiger partial charge in [-0.15, -0.1) is 0 Å². The van der Waals surface area contributed by atoms with E-state index in [2.05, 4.69) is 52.2 Å². The van der Waals surface area contributed by atoms with E-state index in [4.69, 9.17) is 13.3 Å². The Morgan fingerprint density at radius 3 is 1.62 bits per heavy atom. The second-order valence-corrected chi connectivity index (χ2v) is 14.9. The number of nitrogens with zero attached hydrogens (tertiary/aromatic N) is 1. The highest BCUT2D eigenvalue weighted by atomic mass is 28.4. The maximum absolute atomic E-state index is 5.95. The van der Waals surface area contributed by atoms with E-state index < -0.39 is 16.9 Å². The highest BCUT2D eigenvalue weighted by molar-refractivity contribution is 6.71. The van der Waals surface area contributed by atoms with Gasteiger partial charge in [-0.3, -0.25) is 0 Å². The maximum Gasteiger partial charge on any atom is 0.334 e. The van der Waals surface area contributed by atoms with Crippen molar-refractivity contribution in [2.24, 2.45) is 0 Å². The summed E-state index contributed by atoms with van der Waals surface area (Å²) in [6.45, 7) is 21.3. The van der Waals surface area contributed by atoms with Gasteiger partial charge in [0.2, 0.25) is 0 Å². The molecule has 0 aromatic rings. The summed E-state index contributed by atoms with van der Waals surface area (Å²) in [5.74, 6) is 0. The SMILES string of the molecule is CCCN(CCC[Si](C)(C)OCC)CCC[Si](C)(OCC)OCC. The van der Waals surface area contributed by atoms with E-state index in [9.17, 15) is 0 Å². The molecule has 0 bridgehead atoms. The maximum atomic E-state index is 5.95. The van der Waals surface area contributed by atoms with Crippen LogP contribution in [0.15, 0.2) is 0 Å². The van der Waals surface area contributed by atoms with Crippen molar-refractivity contribution in [2.45, 2.75) is 78.7 Å². The van der Waals surface area contributed by atoms with Crippen LogP contribution in [0.3, 0.4) is 0 Å². The molecular weight excluding hydrogens is 334 g/mol. The monoisotopic (exact) mass is 377 g/mol. The Balaban J connectivity index is 4.23. The number of hydrogen-bond donors (Lipinski definition) is 0. The highest BCUT2D eigenvalue weighted by Crippen LogP contribution is 2.18. The minimum Gasteiger partial charge on any atom is -0.418 e. The lowest BCUT2D eigenvalue weighted by Crippen LogP contribution is -2.40. The molecular formula is C18H43NO3Si2. The van der Waals surface area contributed by atoms with Gasteiger partial charge in [-0.1, -0.05) is 6.92 Å². The van der Waals surface area contributed by atoms with Crippen LogP contribution in [0, 0.1) is 0 Å². The molecule has 0 amide bonds. The summed E-state index contributed by atoms with van der Waals surface area (Å²) in [7, 11) is -3.39. The summed E-state index contributed by atoms with van der Waals surface area (Å²) in [5.41, 5.74) is 0. The third-order valence-corrected chi connectivity index (χ3v) is 10.0. The summed E-state index contributed by atoms with van der Waals surface area (Å²) >= 11 is 0. The summed E-state index contributed by atoms with van der Waals surface area (Å²) in [6, 6.07) is 2.35. The highest BCUT2D eigenvalue weighted by Gasteiger charge is 2.30. The summed E-state index contributed by atoms with van der Waals surface area (Å²) < 4.78 is 17.8. The molecule has 0 aromatic heterocycles. The van der Waals surface area contributed by atoms with Crippen LogP contribution in [-0.2, 0) is 13.3 Å². The second-order valence-electron chi connectivity index (χ2n) is 7.24. The zero-order valence-electron chi connectivity index (χ0n) is 17.5. The number of hydrogen-bond acceptors (Lipinski definition) is 4. The molecule has 0 unspecified atom stereocenters. The van der Waals surface area contributed by atoms with Gasteiger partial charge in [0.05, 0.1) is 0 Å². The van der Waals surface area contributed by atoms with Crippen LogP contribution in [0.5, 0.6) is 0 Å². The van der Waals surface area contributed by atoms with Crippen molar-refractivity contribution in [2.75, 3.05) is 39.5 Å². The van der Waals surface area contributed by atoms with E-state index >= 15 is 0 Å². The van der Waals surface area contributed by atoms with Crippen LogP contribution in [-0.4, -0.2) is 61.2 Å². The Morgan fingerprint density at radius 1 is 0.667 bits per heavy atom. The van der Waals surface area contributed by atoms with Crippen molar-refractivity contribution in [3.05, 3.63) is 0 Å². The largest absolute Gasteiger partial charge is 0.418 e. The van der Waals surface area contributed by atoms with Crippen molar-refractivity contribution in [3.63, 3.8) is 0 Å². The predicted molar refractivity (Wildman–Crippen MR) is 110 cm³/mol. The smallest absolute Gasteiger partial charge is 0.334 e. The van der Waals surface area contributed by atoms with Gasteiger partial charge in [0, 0.05) is 19.8 Å². The molecule has 0 radical (unpaired) electrons. The predicted octanol–water partition coefficient (Wildman–Crippen LogP) is 4.87. The summed E-state index contributed by atoms with van der Waals surface area (Å²) in [5, 5.41) is 0. The Bertz CT molecular complexity index is 298. The topological polar surface area (TPSA) is 30.9 Å². The Kier molecular flexibility index (Phi) is 13.6. The lowest BCUT2D eigenvalue weighted by atomic mass is 10.3. The average molecular weight is 378 g/mol. The molecule has 0 saturated heterocycles. The molecule has 0 spiro atoms. The minimum absolute atomic E-state index is 0.762. The van der Waals surface area contributed by atoms with Gasteiger partial charge in [0.25, 0.3) is 0 Å². The normalized spacial score (nSPS) is 13.0. The summed E-state index contributed by atoms with van der Waals surface area (Å²) in [4.78, 5) is 2.61. The average Bonchev–Trinajstić information content (AvgIpc) is 2.47. The zero-order chi connectivity index (χ0) is 18.5. The second kappa shape index (κ2) is 13.5. The van der Waals surface area contributed by atoms with E-state index in [1.165, 1.54) is 38.4 Å². The molecule has 0 aliphatic heterocycles. The molecule has 0 aliphatic carbocycles. The fourth-order valence-electron chi connectivity index (χ4n) is 3.26. The molecule has 0 atom stereocenters. The first-order chi connectivity index (χ1) is 11.3. The fraction of sp³-hybridized carbons (Fsp3) is 1.00. The van der Waals surface area contributed by atoms with Gasteiger partial charge in [-0.2, -0.15) is 0 Å². The molecule has 6 heteroatoms. The van der Waals surface area contributed by atoms with Gasteiger partial charge >= 0.3 is 8.56 Å². The first-order valence-electron chi connectivity index (χ1n) is 9.96. The lowest BCUT2D eigenvalue weighted by molar-refractivity contribution is 0.185. The number of rotatable bonds is 16. The zero-order valence-corrected chi connectivity index (χ0v) is 19.5. The molecule has 4 nitrogen and oxygen atoms in total. The first-order valence-corrected chi connectivity index (χ1v) is 15.6. The van der Waals surface area contributed by atoms with Gasteiger partial charge in [0.15, 0.2) is 8.32 Å². The molecule has 0 heterocycles. The van der Waals surface area contributed by atoms with Gasteiger partial charge < -0.3 is 18.2 Å². The van der Waals surface area contributed by atoms with Gasteiger partial charge in [-0.05, 0) is 91.4 Å². The quantitative estimate of drug-likeness (QED) is 0.359. The van der Waals surface area contributed by atoms with Crippen molar-refractivity contribution < 1.29 is 13.3 Å². The van der Waals surface area contributed by atoms with Crippen LogP contribution in [0.25, 0.3) is 0 Å². The van der Waals surface area contributed by atoms with Gasteiger partial charge in [0.1, 0.15) is 0 Å². The molecule has 0 aliphatic rings. The van der Waals surface area contributed by atoms with Crippen LogP contribution in [0.2, 0.25) is 31.7 Å². The summed E-state index contributed by atoms with van der Waals surface area (Å²) in [6.07, 6.45) is 3.65. The van der Waals surface area contributed by atoms with E-state index in [0.29, 0.717) is 0 Å². The van der Waals surface area contributed by atoms with Crippen molar-refractivity contribution >= 4 is 16.9 Å². The van der Waals surface area contributed by atoms with E-state index in [1.807, 2.05) is 0 Å². The molecule has 0 N–H and O–H groups in total. The third kappa shape index (κ3) is 11.8. The first kappa shape index (κ1) is 24.3. The lowest BCUT2D eigenvalue weighted by Gasteiger charge is -2.28. The van der Waals surface area contributed by atoms with E-state index in [0.717, 1.165) is 32.4 Å². The molecule has 24 heavy (non-hydrogen) atoms. The van der Waals surface area contributed by atoms with Gasteiger partial charge in [-0.25, -0.2) is 0 Å². The van der Waals surface area contributed by atoms with Crippen LogP contribution < -0.4 is 0 Å². The van der Waals surface area contributed by atoms with Crippen LogP contribution in [0.1, 0.15) is 47.0 Å². The van der Waals surface area contributed by atoms with Crippen LogP contribution in [0.4, 0.5) is 0 Å². The van der Waals surface area contributed by atoms with Crippen LogP contribution >= 0.6 is 0 Å². The van der Waals surface area contributed by atoms with E-state index in [-0.39, 0.29) is 0 Å². The standard InChI is InChI=1S/C18H43NO3Si2/c1-8-14-19(15-12-17-23(5,6)20-9-2)16-13-18-24(7,21-10-3)22-11-4/h8-18H2,1-7H3. The fourth-order valence-corrected chi connectivity index (χ4v) is 7.59. The minimum atomic E-state index is -1.95. The molecule has 0 fully saturated rings. The van der Waals surface area contributed by atoms with Crippen molar-refractivity contribution in [1.29, 1.82) is 0 Å². The third-order valence-electron chi connectivity index (χ3n) is 4.33. The Labute approximate surface area is 153 Å². The van der Waals surface area contributed by atoms with Crippen molar-refractivity contribution in [3.8, 4) is 0 Å². The Morgan fingerprint density at radius 2 is 1.17 bits per heavy atom.